The van der Waals surface area contributed by atoms with Crippen LogP contribution >= 0.6 is 0 Å². The average molecular weight is 275 g/mol. The minimum absolute atomic E-state index is 0.120. The summed E-state index contributed by atoms with van der Waals surface area (Å²) in [7, 11) is 0. The van der Waals surface area contributed by atoms with Gasteiger partial charge in [-0.15, -0.1) is 0 Å². The third kappa shape index (κ3) is 4.78. The number of nitrogens with one attached hydrogen (secondary N) is 2. The first-order valence-corrected chi connectivity index (χ1v) is 5.69. The summed E-state index contributed by atoms with van der Waals surface area (Å²) in [6.07, 6.45) is 0. The number of nitrogens with zero attached hydrogens (tertiary/aromatic N) is 1. The molecule has 0 bridgehead atoms. The number of carbonyl (C=O) groups is 2. The van der Waals surface area contributed by atoms with Gasteiger partial charge in [-0.3, -0.25) is 19.7 Å². The Balaban J connectivity index is 2.95. The molecule has 2 amide bonds. The van der Waals surface area contributed by atoms with E-state index in [1.165, 1.54) is 26.0 Å². The van der Waals surface area contributed by atoms with Gasteiger partial charge in [0.25, 0.3) is 5.69 Å². The van der Waals surface area contributed by atoms with Crippen LogP contribution in [-0.2, 0) is 9.59 Å². The minimum atomic E-state index is -0.593. The number of carbonyl (C=O) groups excluding carboxylic acids is 2. The van der Waals surface area contributed by atoms with Crippen LogP contribution in [0, 0.1) is 22.0 Å². The summed E-state index contributed by atoms with van der Waals surface area (Å²) in [4.78, 5) is 31.9. The molecule has 1 rings (SSSR count). The van der Waals surface area contributed by atoms with Crippen LogP contribution in [0.2, 0.25) is 0 Å². The Bertz CT molecular complexity index is 614. The molecule has 0 aromatic heterocycles. The number of amides is 2. The highest BCUT2D eigenvalue weighted by Crippen LogP contribution is 2.25. The fourth-order valence-corrected chi connectivity index (χ4v) is 1.37. The molecular weight excluding hydrogens is 262 g/mol. The molecule has 0 aliphatic rings. The van der Waals surface area contributed by atoms with Gasteiger partial charge in [0.2, 0.25) is 11.8 Å². The van der Waals surface area contributed by atoms with Gasteiger partial charge in [0.05, 0.1) is 11.5 Å². The molecule has 1 aromatic carbocycles. The summed E-state index contributed by atoms with van der Waals surface area (Å²) in [6.45, 7) is 2.80. The van der Waals surface area contributed by atoms with Crippen LogP contribution in [0.1, 0.15) is 19.4 Å². The van der Waals surface area contributed by atoms with Crippen molar-refractivity contribution in [2.75, 3.05) is 11.9 Å². The smallest absolute Gasteiger partial charge is 0.293 e. The first kappa shape index (κ1) is 15.2. The number of hydrogen-bond donors (Lipinski definition) is 2. The molecule has 0 spiro atoms. The van der Waals surface area contributed by atoms with Gasteiger partial charge >= 0.3 is 0 Å². The lowest BCUT2D eigenvalue weighted by Crippen LogP contribution is -2.19. The van der Waals surface area contributed by atoms with E-state index in [2.05, 4.69) is 22.5 Å². The number of anilines is 1. The Hall–Kier alpha value is -2.88. The molecule has 20 heavy (non-hydrogen) atoms. The van der Waals surface area contributed by atoms with E-state index in [1.54, 1.807) is 6.07 Å². The van der Waals surface area contributed by atoms with Crippen molar-refractivity contribution >= 4 is 23.2 Å². The lowest BCUT2D eigenvalue weighted by atomic mass is 10.1. The Morgan fingerprint density at radius 3 is 2.55 bits per heavy atom. The number of rotatable bonds is 3. The predicted molar refractivity (Wildman–Crippen MR) is 73.0 cm³/mol. The van der Waals surface area contributed by atoms with Gasteiger partial charge in [0.1, 0.15) is 5.69 Å². The SMILES string of the molecule is CC(=O)NCC#Cc1ccc(NC(C)=O)c([N+](=O)[O-])c1. The van der Waals surface area contributed by atoms with Crippen LogP contribution in [0.15, 0.2) is 18.2 Å². The summed E-state index contributed by atoms with van der Waals surface area (Å²) in [5.74, 6) is 4.77. The summed E-state index contributed by atoms with van der Waals surface area (Å²) in [5, 5.41) is 15.8. The van der Waals surface area contributed by atoms with Gasteiger partial charge in [0.15, 0.2) is 0 Å². The van der Waals surface area contributed by atoms with E-state index in [-0.39, 0.29) is 23.8 Å². The van der Waals surface area contributed by atoms with Crippen LogP contribution in [0.25, 0.3) is 0 Å². The molecule has 7 heteroatoms. The molecule has 1 aromatic rings. The van der Waals surface area contributed by atoms with E-state index in [0.29, 0.717) is 5.56 Å². The summed E-state index contributed by atoms with van der Waals surface area (Å²) in [5.41, 5.74) is 0.317. The third-order valence-corrected chi connectivity index (χ3v) is 2.16. The van der Waals surface area contributed by atoms with Crippen molar-refractivity contribution in [2.24, 2.45) is 0 Å². The minimum Gasteiger partial charge on any atom is -0.345 e. The highest BCUT2D eigenvalue weighted by atomic mass is 16.6. The normalized spacial score (nSPS) is 9.10. The molecule has 0 unspecified atom stereocenters. The van der Waals surface area contributed by atoms with Crippen molar-refractivity contribution in [2.45, 2.75) is 13.8 Å². The highest BCUT2D eigenvalue weighted by molar-refractivity contribution is 5.91. The Morgan fingerprint density at radius 1 is 1.30 bits per heavy atom. The number of nitro benzene ring substituents is 1. The van der Waals surface area contributed by atoms with Crippen LogP contribution in [0.3, 0.4) is 0 Å². The molecule has 0 saturated carbocycles. The van der Waals surface area contributed by atoms with E-state index in [4.69, 9.17) is 0 Å². The average Bonchev–Trinajstić information content (AvgIpc) is 2.35. The fraction of sp³-hybridized carbons (Fsp3) is 0.231. The van der Waals surface area contributed by atoms with Gasteiger partial charge in [-0.1, -0.05) is 11.8 Å². The molecule has 0 aliphatic heterocycles. The monoisotopic (exact) mass is 275 g/mol. The van der Waals surface area contributed by atoms with E-state index >= 15 is 0 Å². The number of benzene rings is 1. The first-order valence-electron chi connectivity index (χ1n) is 5.69. The summed E-state index contributed by atoms with van der Waals surface area (Å²) < 4.78 is 0. The molecule has 0 aliphatic carbocycles. The maximum Gasteiger partial charge on any atom is 0.293 e. The van der Waals surface area contributed by atoms with Crippen molar-refractivity contribution in [1.82, 2.24) is 5.32 Å². The second-order valence-corrected chi connectivity index (χ2v) is 3.88. The topological polar surface area (TPSA) is 101 Å². The first-order chi connectivity index (χ1) is 9.40. The molecule has 0 radical (unpaired) electrons. The van der Waals surface area contributed by atoms with Gasteiger partial charge in [-0.25, -0.2) is 0 Å². The van der Waals surface area contributed by atoms with Crippen LogP contribution < -0.4 is 10.6 Å². The van der Waals surface area contributed by atoms with Gasteiger partial charge in [-0.2, -0.15) is 0 Å². The summed E-state index contributed by atoms with van der Waals surface area (Å²) in [6, 6.07) is 4.24. The van der Waals surface area contributed by atoms with Gasteiger partial charge in [0, 0.05) is 25.5 Å². The van der Waals surface area contributed by atoms with Gasteiger partial charge in [-0.05, 0) is 12.1 Å². The van der Waals surface area contributed by atoms with Crippen LogP contribution in [0.5, 0.6) is 0 Å². The number of nitro groups is 1. The fourth-order valence-electron chi connectivity index (χ4n) is 1.37. The third-order valence-electron chi connectivity index (χ3n) is 2.16. The highest BCUT2D eigenvalue weighted by Gasteiger charge is 2.14. The Morgan fingerprint density at radius 2 is 2.00 bits per heavy atom. The maximum atomic E-state index is 10.9. The van der Waals surface area contributed by atoms with Gasteiger partial charge < -0.3 is 10.6 Å². The second kappa shape index (κ2) is 6.89. The lowest BCUT2D eigenvalue weighted by Gasteiger charge is -2.03. The zero-order valence-corrected chi connectivity index (χ0v) is 11.0. The molecule has 2 N–H and O–H groups in total. The summed E-state index contributed by atoms with van der Waals surface area (Å²) >= 11 is 0. The molecule has 104 valence electrons. The van der Waals surface area contributed by atoms with E-state index < -0.39 is 10.8 Å². The van der Waals surface area contributed by atoms with Crippen molar-refractivity contribution in [3.05, 3.63) is 33.9 Å². The van der Waals surface area contributed by atoms with Crippen molar-refractivity contribution in [3.8, 4) is 11.8 Å². The zero-order chi connectivity index (χ0) is 15.1. The van der Waals surface area contributed by atoms with Crippen molar-refractivity contribution in [3.63, 3.8) is 0 Å². The van der Waals surface area contributed by atoms with Crippen LogP contribution in [0.4, 0.5) is 11.4 Å². The lowest BCUT2D eigenvalue weighted by molar-refractivity contribution is -0.383. The maximum absolute atomic E-state index is 10.9. The largest absolute Gasteiger partial charge is 0.345 e. The van der Waals surface area contributed by atoms with Crippen molar-refractivity contribution < 1.29 is 14.5 Å². The van der Waals surface area contributed by atoms with Crippen LogP contribution in [-0.4, -0.2) is 23.3 Å². The molecule has 0 fully saturated rings. The Labute approximate surface area is 115 Å². The number of hydrogen-bond acceptors (Lipinski definition) is 4. The van der Waals surface area contributed by atoms with E-state index in [0.717, 1.165) is 0 Å². The van der Waals surface area contributed by atoms with Crippen molar-refractivity contribution in [1.29, 1.82) is 0 Å². The van der Waals surface area contributed by atoms with E-state index in [1.807, 2.05) is 0 Å². The Kier molecular flexibility index (Phi) is 5.23. The van der Waals surface area contributed by atoms with E-state index in [9.17, 15) is 19.7 Å². The quantitative estimate of drug-likeness (QED) is 0.489. The standard InChI is InChI=1S/C13H13N3O4/c1-9(17)14-7-3-4-11-5-6-12(15-10(2)18)13(8-11)16(19)20/h5-6,8H,7H2,1-2H3,(H,14,17)(H,15,18). The molecule has 0 heterocycles. The zero-order valence-electron chi connectivity index (χ0n) is 11.0. The molecule has 0 atom stereocenters. The molecule has 7 nitrogen and oxygen atoms in total. The second-order valence-electron chi connectivity index (χ2n) is 3.88. The molecular formula is C13H13N3O4. The predicted octanol–water partition coefficient (Wildman–Crippen LogP) is 1.04. The molecule has 0 saturated heterocycles.